The molecule has 3 amide bonds. The van der Waals surface area contributed by atoms with Crippen LogP contribution in [0.4, 0.5) is 14.9 Å². The minimum absolute atomic E-state index is 0.121. The number of nitrogens with one attached hydrogen (secondary N) is 2. The molecule has 0 aliphatic carbocycles. The summed E-state index contributed by atoms with van der Waals surface area (Å²) in [6, 6.07) is 2.93. The van der Waals surface area contributed by atoms with Crippen molar-refractivity contribution in [3.63, 3.8) is 0 Å². The number of nitrogens with zero attached hydrogens (tertiary/aromatic N) is 1. The van der Waals surface area contributed by atoms with Gasteiger partial charge in [-0.25, -0.2) is 14.0 Å². The van der Waals surface area contributed by atoms with Crippen molar-refractivity contribution in [3.05, 3.63) is 29.6 Å². The van der Waals surface area contributed by atoms with Gasteiger partial charge < -0.3 is 20.6 Å². The predicted molar refractivity (Wildman–Crippen MR) is 67.0 cm³/mol. The van der Waals surface area contributed by atoms with Crippen LogP contribution in [-0.2, 0) is 4.79 Å². The third-order valence-electron chi connectivity index (χ3n) is 2.79. The first-order valence-corrected chi connectivity index (χ1v) is 5.83. The topological polar surface area (TPSA) is 98.7 Å². The Balaban J connectivity index is 2.17. The largest absolute Gasteiger partial charge is 0.478 e. The highest BCUT2D eigenvalue weighted by atomic mass is 19.1. The lowest BCUT2D eigenvalue weighted by atomic mass is 10.1. The third kappa shape index (κ3) is 2.85. The lowest BCUT2D eigenvalue weighted by Gasteiger charge is -2.27. The van der Waals surface area contributed by atoms with Gasteiger partial charge in [-0.2, -0.15) is 0 Å². The number of hydrogen-bond acceptors (Lipinski definition) is 3. The molecule has 8 heteroatoms. The second kappa shape index (κ2) is 5.55. The fraction of sp³-hybridized carbons (Fsp3) is 0.250. The van der Waals surface area contributed by atoms with E-state index in [-0.39, 0.29) is 18.1 Å². The van der Waals surface area contributed by atoms with Crippen molar-refractivity contribution in [2.75, 3.05) is 25.0 Å². The number of rotatable bonds is 2. The zero-order chi connectivity index (χ0) is 14.7. The van der Waals surface area contributed by atoms with E-state index in [0.29, 0.717) is 13.1 Å². The lowest BCUT2D eigenvalue weighted by molar-refractivity contribution is -0.123. The number of halogens is 1. The maximum Gasteiger partial charge on any atom is 0.340 e. The molecule has 0 atom stereocenters. The quantitative estimate of drug-likeness (QED) is 0.734. The molecule has 0 spiro atoms. The summed E-state index contributed by atoms with van der Waals surface area (Å²) in [4.78, 5) is 35.3. The van der Waals surface area contributed by atoms with Crippen LogP contribution in [0.25, 0.3) is 0 Å². The standard InChI is InChI=1S/C12H12FN3O4/c13-7-2-1-3-8(10(7)11(18)19)15-12(20)16-5-4-14-9(17)6-16/h1-3H,4-6H2,(H,14,17)(H,15,20)(H,18,19). The summed E-state index contributed by atoms with van der Waals surface area (Å²) in [5.74, 6) is -2.72. The number of amides is 3. The van der Waals surface area contributed by atoms with E-state index in [2.05, 4.69) is 10.6 Å². The number of hydrogen-bond donors (Lipinski definition) is 3. The number of urea groups is 1. The van der Waals surface area contributed by atoms with Gasteiger partial charge in [0, 0.05) is 13.1 Å². The van der Waals surface area contributed by atoms with Gasteiger partial charge in [0.25, 0.3) is 0 Å². The fourth-order valence-electron chi connectivity index (χ4n) is 1.85. The predicted octanol–water partition coefficient (Wildman–Crippen LogP) is 0.488. The van der Waals surface area contributed by atoms with Crippen LogP contribution in [0.1, 0.15) is 10.4 Å². The molecular formula is C12H12FN3O4. The van der Waals surface area contributed by atoms with Gasteiger partial charge in [0.05, 0.1) is 5.69 Å². The monoisotopic (exact) mass is 281 g/mol. The molecule has 106 valence electrons. The van der Waals surface area contributed by atoms with Gasteiger partial charge in [0.15, 0.2) is 0 Å². The first-order chi connectivity index (χ1) is 9.49. The van der Waals surface area contributed by atoms with E-state index < -0.39 is 23.4 Å². The van der Waals surface area contributed by atoms with Gasteiger partial charge >= 0.3 is 12.0 Å². The Morgan fingerprint density at radius 1 is 1.40 bits per heavy atom. The average Bonchev–Trinajstić information content (AvgIpc) is 2.38. The van der Waals surface area contributed by atoms with Crippen molar-refractivity contribution in [2.24, 2.45) is 0 Å². The molecule has 2 rings (SSSR count). The number of piperazine rings is 1. The highest BCUT2D eigenvalue weighted by Gasteiger charge is 2.23. The lowest BCUT2D eigenvalue weighted by Crippen LogP contribution is -2.51. The van der Waals surface area contributed by atoms with Crippen molar-refractivity contribution >= 4 is 23.6 Å². The second-order valence-corrected chi connectivity index (χ2v) is 4.17. The molecule has 1 heterocycles. The van der Waals surface area contributed by atoms with Gasteiger partial charge in [-0.1, -0.05) is 6.07 Å². The van der Waals surface area contributed by atoms with E-state index >= 15 is 0 Å². The molecule has 0 unspecified atom stereocenters. The van der Waals surface area contributed by atoms with Crippen LogP contribution in [0, 0.1) is 5.82 Å². The molecule has 7 nitrogen and oxygen atoms in total. The Morgan fingerprint density at radius 3 is 2.80 bits per heavy atom. The van der Waals surface area contributed by atoms with Crippen LogP contribution in [-0.4, -0.2) is 47.5 Å². The molecule has 1 aliphatic heterocycles. The zero-order valence-corrected chi connectivity index (χ0v) is 10.4. The molecule has 3 N–H and O–H groups in total. The molecule has 0 aromatic heterocycles. The molecule has 1 aliphatic rings. The fourth-order valence-corrected chi connectivity index (χ4v) is 1.85. The Hall–Kier alpha value is -2.64. The van der Waals surface area contributed by atoms with Gasteiger partial charge in [-0.15, -0.1) is 0 Å². The number of carboxylic acid groups (broad SMARTS) is 1. The van der Waals surface area contributed by atoms with Gasteiger partial charge in [0.2, 0.25) is 5.91 Å². The van der Waals surface area contributed by atoms with Crippen LogP contribution in [0.5, 0.6) is 0 Å². The number of carbonyl (C=O) groups excluding carboxylic acids is 2. The number of anilines is 1. The number of carbonyl (C=O) groups is 3. The molecule has 0 radical (unpaired) electrons. The number of aromatic carboxylic acids is 1. The summed E-state index contributed by atoms with van der Waals surface area (Å²) in [6.45, 7) is 0.500. The van der Waals surface area contributed by atoms with Crippen molar-refractivity contribution in [3.8, 4) is 0 Å². The van der Waals surface area contributed by atoms with Crippen molar-refractivity contribution < 1.29 is 23.9 Å². The first kappa shape index (κ1) is 13.8. The van der Waals surface area contributed by atoms with Crippen LogP contribution < -0.4 is 10.6 Å². The second-order valence-electron chi connectivity index (χ2n) is 4.17. The minimum atomic E-state index is -1.48. The zero-order valence-electron chi connectivity index (χ0n) is 10.4. The summed E-state index contributed by atoms with van der Waals surface area (Å²) in [6.07, 6.45) is 0. The van der Waals surface area contributed by atoms with Gasteiger partial charge in [-0.3, -0.25) is 4.79 Å². The van der Waals surface area contributed by atoms with E-state index in [1.165, 1.54) is 17.0 Å². The average molecular weight is 281 g/mol. The maximum atomic E-state index is 13.4. The highest BCUT2D eigenvalue weighted by Crippen LogP contribution is 2.19. The van der Waals surface area contributed by atoms with Gasteiger partial charge in [-0.05, 0) is 12.1 Å². The smallest absolute Gasteiger partial charge is 0.340 e. The van der Waals surface area contributed by atoms with Crippen molar-refractivity contribution in [1.82, 2.24) is 10.2 Å². The van der Waals surface area contributed by atoms with Crippen LogP contribution in [0.2, 0.25) is 0 Å². The normalized spacial score (nSPS) is 14.7. The minimum Gasteiger partial charge on any atom is -0.478 e. The Morgan fingerprint density at radius 2 is 2.15 bits per heavy atom. The Labute approximate surface area is 113 Å². The van der Waals surface area contributed by atoms with E-state index in [0.717, 1.165) is 6.07 Å². The van der Waals surface area contributed by atoms with Crippen molar-refractivity contribution in [2.45, 2.75) is 0 Å². The Bertz CT molecular complexity index is 576. The van der Waals surface area contributed by atoms with Crippen LogP contribution in [0.3, 0.4) is 0 Å². The first-order valence-electron chi connectivity index (χ1n) is 5.83. The SMILES string of the molecule is O=C1CN(C(=O)Nc2cccc(F)c2C(=O)O)CCN1. The molecule has 1 aromatic rings. The third-order valence-corrected chi connectivity index (χ3v) is 2.79. The molecule has 1 saturated heterocycles. The molecule has 20 heavy (non-hydrogen) atoms. The van der Waals surface area contributed by atoms with Gasteiger partial charge in [0.1, 0.15) is 17.9 Å². The Kier molecular flexibility index (Phi) is 3.83. The van der Waals surface area contributed by atoms with Crippen LogP contribution in [0.15, 0.2) is 18.2 Å². The van der Waals surface area contributed by atoms with E-state index in [1.807, 2.05) is 0 Å². The summed E-state index contributed by atoms with van der Waals surface area (Å²) in [5.41, 5.74) is -0.754. The molecule has 0 saturated carbocycles. The highest BCUT2D eigenvalue weighted by molar-refractivity contribution is 6.01. The van der Waals surface area contributed by atoms with E-state index in [1.54, 1.807) is 0 Å². The summed E-state index contributed by atoms with van der Waals surface area (Å²) >= 11 is 0. The number of carboxylic acids is 1. The number of benzene rings is 1. The summed E-state index contributed by atoms with van der Waals surface area (Å²) < 4.78 is 13.4. The molecule has 0 bridgehead atoms. The molecular weight excluding hydrogens is 269 g/mol. The molecule has 1 aromatic carbocycles. The molecule has 1 fully saturated rings. The van der Waals surface area contributed by atoms with E-state index in [4.69, 9.17) is 5.11 Å². The van der Waals surface area contributed by atoms with E-state index in [9.17, 15) is 18.8 Å². The van der Waals surface area contributed by atoms with Crippen LogP contribution >= 0.6 is 0 Å². The maximum absolute atomic E-state index is 13.4. The summed E-state index contributed by atoms with van der Waals surface area (Å²) in [7, 11) is 0. The summed E-state index contributed by atoms with van der Waals surface area (Å²) in [5, 5.41) is 13.8. The van der Waals surface area contributed by atoms with Crippen molar-refractivity contribution in [1.29, 1.82) is 0 Å².